The Morgan fingerprint density at radius 3 is 2.16 bits per heavy atom. The third kappa shape index (κ3) is 6.95. The monoisotopic (exact) mass is 419 g/mol. The molecule has 3 aromatic rings. The fraction of sp³-hybridized carbons (Fsp3) is 0.269. The summed E-state index contributed by atoms with van der Waals surface area (Å²) in [5.74, 6) is 0.531. The van der Waals surface area contributed by atoms with E-state index in [1.165, 1.54) is 0 Å². The van der Waals surface area contributed by atoms with Gasteiger partial charge in [-0.05, 0) is 35.7 Å². The molecule has 0 saturated carbocycles. The number of benzene rings is 3. The summed E-state index contributed by atoms with van der Waals surface area (Å²) in [6, 6.07) is 26.6. The van der Waals surface area contributed by atoms with E-state index in [9.17, 15) is 9.90 Å². The van der Waals surface area contributed by atoms with Crippen LogP contribution in [0.3, 0.4) is 0 Å². The molecule has 31 heavy (non-hydrogen) atoms. The molecule has 0 radical (unpaired) electrons. The van der Waals surface area contributed by atoms with Crippen LogP contribution < -0.4 is 10.1 Å². The van der Waals surface area contributed by atoms with E-state index >= 15 is 0 Å². The highest BCUT2D eigenvalue weighted by Crippen LogP contribution is 2.17. The van der Waals surface area contributed by atoms with Gasteiger partial charge >= 0.3 is 0 Å². The quantitative estimate of drug-likeness (QED) is 0.492. The number of rotatable bonds is 11. The molecule has 2 N–H and O–H groups in total. The number of carbonyl (C=O) groups excluding carboxylic acids is 1. The lowest BCUT2D eigenvalue weighted by atomic mass is 10.0. The highest BCUT2D eigenvalue weighted by molar-refractivity contribution is 5.81. The van der Waals surface area contributed by atoms with Crippen molar-refractivity contribution in [3.63, 3.8) is 0 Å². The summed E-state index contributed by atoms with van der Waals surface area (Å²) in [6.45, 7) is 2.61. The molecule has 0 spiro atoms. The van der Waals surface area contributed by atoms with Crippen LogP contribution in [0.5, 0.6) is 5.75 Å². The third-order valence-electron chi connectivity index (χ3n) is 4.95. The first kappa shape index (κ1) is 22.5. The van der Waals surface area contributed by atoms with Crippen LogP contribution in [0.4, 0.5) is 0 Å². The van der Waals surface area contributed by atoms with E-state index < -0.39 is 12.1 Å². The summed E-state index contributed by atoms with van der Waals surface area (Å²) in [6.07, 6.45) is -0.204. The summed E-state index contributed by atoms with van der Waals surface area (Å²) in [5, 5.41) is 12.6. The van der Waals surface area contributed by atoms with E-state index in [4.69, 9.17) is 9.47 Å². The van der Waals surface area contributed by atoms with Gasteiger partial charge in [-0.2, -0.15) is 0 Å². The standard InChI is InChI=1S/C26H29NO4/c1-2-30-25(26(29)27-24(18-28)22-11-7-4-8-12-22)17-20-13-15-23(16-14-20)31-19-21-9-5-3-6-10-21/h3-16,24-25,28H,2,17-19H2,1H3,(H,27,29)/t24-,25?/m0/s1. The topological polar surface area (TPSA) is 67.8 Å². The van der Waals surface area contributed by atoms with Crippen molar-refractivity contribution in [3.05, 3.63) is 102 Å². The largest absolute Gasteiger partial charge is 0.489 e. The molecular formula is C26H29NO4. The Bertz CT molecular complexity index is 913. The Labute approximate surface area is 183 Å². The zero-order valence-corrected chi connectivity index (χ0v) is 17.7. The molecular weight excluding hydrogens is 390 g/mol. The van der Waals surface area contributed by atoms with Crippen LogP contribution in [-0.2, 0) is 22.6 Å². The van der Waals surface area contributed by atoms with Gasteiger partial charge in [-0.15, -0.1) is 0 Å². The molecule has 2 atom stereocenters. The van der Waals surface area contributed by atoms with Crippen molar-refractivity contribution >= 4 is 5.91 Å². The molecule has 0 fully saturated rings. The predicted molar refractivity (Wildman–Crippen MR) is 121 cm³/mol. The lowest BCUT2D eigenvalue weighted by Gasteiger charge is -2.22. The second-order valence-electron chi connectivity index (χ2n) is 7.22. The normalized spacial score (nSPS) is 12.7. The van der Waals surface area contributed by atoms with Crippen molar-refractivity contribution in [3.8, 4) is 5.75 Å². The summed E-state index contributed by atoms with van der Waals surface area (Å²) in [7, 11) is 0. The molecule has 5 nitrogen and oxygen atoms in total. The molecule has 3 aromatic carbocycles. The van der Waals surface area contributed by atoms with Gasteiger partial charge in [-0.1, -0.05) is 72.8 Å². The lowest BCUT2D eigenvalue weighted by Crippen LogP contribution is -2.41. The number of hydrogen-bond acceptors (Lipinski definition) is 4. The van der Waals surface area contributed by atoms with E-state index in [0.717, 1.165) is 22.4 Å². The van der Waals surface area contributed by atoms with E-state index in [1.807, 2.05) is 91.9 Å². The minimum absolute atomic E-state index is 0.179. The van der Waals surface area contributed by atoms with E-state index in [2.05, 4.69) is 5.32 Å². The van der Waals surface area contributed by atoms with Crippen LogP contribution in [0.1, 0.15) is 29.7 Å². The number of aliphatic hydroxyl groups is 1. The number of carbonyl (C=O) groups is 1. The molecule has 1 amide bonds. The Morgan fingerprint density at radius 2 is 1.55 bits per heavy atom. The number of amides is 1. The maximum Gasteiger partial charge on any atom is 0.250 e. The van der Waals surface area contributed by atoms with Crippen LogP contribution >= 0.6 is 0 Å². The van der Waals surface area contributed by atoms with Crippen LogP contribution in [0.25, 0.3) is 0 Å². The minimum atomic E-state index is -0.640. The van der Waals surface area contributed by atoms with Gasteiger partial charge in [-0.25, -0.2) is 0 Å². The highest BCUT2D eigenvalue weighted by atomic mass is 16.5. The molecule has 0 bridgehead atoms. The molecule has 3 rings (SSSR count). The lowest BCUT2D eigenvalue weighted by molar-refractivity contribution is -0.133. The molecule has 5 heteroatoms. The smallest absolute Gasteiger partial charge is 0.250 e. The van der Waals surface area contributed by atoms with Crippen LogP contribution in [0, 0.1) is 0 Å². The molecule has 0 aliphatic rings. The number of aliphatic hydroxyl groups excluding tert-OH is 1. The number of hydrogen-bond donors (Lipinski definition) is 2. The van der Waals surface area contributed by atoms with Crippen molar-refractivity contribution in [2.45, 2.75) is 32.1 Å². The van der Waals surface area contributed by atoms with Crippen LogP contribution in [0.2, 0.25) is 0 Å². The van der Waals surface area contributed by atoms with E-state index in [-0.39, 0.29) is 12.5 Å². The molecule has 0 aromatic heterocycles. The van der Waals surface area contributed by atoms with Gasteiger partial charge in [-0.3, -0.25) is 4.79 Å². The maximum atomic E-state index is 12.8. The zero-order chi connectivity index (χ0) is 21.9. The fourth-order valence-electron chi connectivity index (χ4n) is 3.29. The summed E-state index contributed by atoms with van der Waals surface area (Å²) in [4.78, 5) is 12.8. The molecule has 1 unspecified atom stereocenters. The minimum Gasteiger partial charge on any atom is -0.489 e. The molecule has 162 valence electrons. The van der Waals surface area contributed by atoms with E-state index in [0.29, 0.717) is 19.6 Å². The van der Waals surface area contributed by atoms with Crippen molar-refractivity contribution < 1.29 is 19.4 Å². The van der Waals surface area contributed by atoms with Crippen molar-refractivity contribution in [2.75, 3.05) is 13.2 Å². The molecule has 0 aliphatic carbocycles. The second kappa shape index (κ2) is 11.9. The van der Waals surface area contributed by atoms with Gasteiger partial charge in [0.1, 0.15) is 18.5 Å². The van der Waals surface area contributed by atoms with E-state index in [1.54, 1.807) is 0 Å². The first-order chi connectivity index (χ1) is 15.2. The average Bonchev–Trinajstić information content (AvgIpc) is 2.83. The van der Waals surface area contributed by atoms with Crippen molar-refractivity contribution in [1.29, 1.82) is 0 Å². The van der Waals surface area contributed by atoms with Crippen molar-refractivity contribution in [1.82, 2.24) is 5.32 Å². The van der Waals surface area contributed by atoms with Gasteiger partial charge in [0.2, 0.25) is 5.91 Å². The second-order valence-corrected chi connectivity index (χ2v) is 7.22. The van der Waals surface area contributed by atoms with Gasteiger partial charge in [0.05, 0.1) is 12.6 Å². The zero-order valence-electron chi connectivity index (χ0n) is 17.7. The molecule has 0 heterocycles. The van der Waals surface area contributed by atoms with Gasteiger partial charge in [0.15, 0.2) is 0 Å². The maximum absolute atomic E-state index is 12.8. The van der Waals surface area contributed by atoms with Crippen molar-refractivity contribution in [2.24, 2.45) is 0 Å². The highest BCUT2D eigenvalue weighted by Gasteiger charge is 2.23. The molecule has 0 saturated heterocycles. The Morgan fingerprint density at radius 1 is 0.903 bits per heavy atom. The predicted octanol–water partition coefficient (Wildman–Crippen LogP) is 4.06. The molecule has 0 aliphatic heterocycles. The Hall–Kier alpha value is -3.15. The SMILES string of the molecule is CCOC(Cc1ccc(OCc2ccccc2)cc1)C(=O)N[C@@H](CO)c1ccccc1. The summed E-state index contributed by atoms with van der Waals surface area (Å²) >= 11 is 0. The Kier molecular flexibility index (Phi) is 8.64. The first-order valence-corrected chi connectivity index (χ1v) is 10.5. The van der Waals surface area contributed by atoms with Gasteiger partial charge in [0, 0.05) is 13.0 Å². The summed E-state index contributed by atoms with van der Waals surface area (Å²) < 4.78 is 11.5. The van der Waals surface area contributed by atoms with Crippen LogP contribution in [0.15, 0.2) is 84.9 Å². The van der Waals surface area contributed by atoms with Crippen LogP contribution in [-0.4, -0.2) is 30.3 Å². The number of nitrogens with one attached hydrogen (secondary N) is 1. The number of ether oxygens (including phenoxy) is 2. The van der Waals surface area contributed by atoms with Gasteiger partial charge < -0.3 is 19.9 Å². The first-order valence-electron chi connectivity index (χ1n) is 10.5. The fourth-order valence-corrected chi connectivity index (χ4v) is 3.29. The summed E-state index contributed by atoms with van der Waals surface area (Å²) in [5.41, 5.74) is 2.94. The average molecular weight is 420 g/mol. The third-order valence-corrected chi connectivity index (χ3v) is 4.95. The van der Waals surface area contributed by atoms with Gasteiger partial charge in [0.25, 0.3) is 0 Å². The Balaban J connectivity index is 1.59.